The maximum absolute atomic E-state index is 12.3. The fourth-order valence-electron chi connectivity index (χ4n) is 1.88. The van der Waals surface area contributed by atoms with Crippen LogP contribution in [0.25, 0.3) is 0 Å². The van der Waals surface area contributed by atoms with Crippen LogP contribution in [0.15, 0.2) is 23.1 Å². The average molecular weight is 346 g/mol. The number of aliphatic carboxylic acids is 1. The van der Waals surface area contributed by atoms with Crippen molar-refractivity contribution in [3.63, 3.8) is 0 Å². The summed E-state index contributed by atoms with van der Waals surface area (Å²) in [6.45, 7) is 1.85. The summed E-state index contributed by atoms with van der Waals surface area (Å²) in [5, 5.41) is 19.8. The highest BCUT2D eigenvalue weighted by Crippen LogP contribution is 2.28. The maximum Gasteiger partial charge on any atom is 0.321 e. The molecule has 0 saturated carbocycles. The van der Waals surface area contributed by atoms with E-state index in [9.17, 15) is 23.3 Å². The molecule has 0 spiro atoms. The Morgan fingerprint density at radius 2 is 2.13 bits per heavy atom. The lowest BCUT2D eigenvalue weighted by molar-refractivity contribution is -0.385. The van der Waals surface area contributed by atoms with E-state index in [0.29, 0.717) is 12.8 Å². The van der Waals surface area contributed by atoms with Crippen LogP contribution in [0, 0.1) is 10.1 Å². The molecule has 0 aliphatic carbocycles. The minimum atomic E-state index is -4.20. The first-order chi connectivity index (χ1) is 10.7. The third-order valence-electron chi connectivity index (χ3n) is 3.09. The predicted molar refractivity (Wildman–Crippen MR) is 80.9 cm³/mol. The van der Waals surface area contributed by atoms with Gasteiger partial charge in [-0.05, 0) is 12.5 Å². The fraction of sp³-hybridized carbons (Fsp3) is 0.462. The Labute approximate surface area is 133 Å². The molecular weight excluding hydrogens is 328 g/mol. The van der Waals surface area contributed by atoms with Crippen LogP contribution in [-0.2, 0) is 14.8 Å². The van der Waals surface area contributed by atoms with Gasteiger partial charge in [-0.3, -0.25) is 14.9 Å². The molecule has 0 aliphatic rings. The van der Waals surface area contributed by atoms with Gasteiger partial charge in [0.1, 0.15) is 16.7 Å². The van der Waals surface area contributed by atoms with Gasteiger partial charge in [0.2, 0.25) is 10.0 Å². The van der Waals surface area contributed by atoms with Crippen molar-refractivity contribution in [2.75, 3.05) is 7.11 Å². The van der Waals surface area contributed by atoms with Gasteiger partial charge in [0.25, 0.3) is 5.69 Å². The van der Waals surface area contributed by atoms with Gasteiger partial charge in [0.05, 0.1) is 18.1 Å². The molecule has 0 aromatic heterocycles. The number of nitrogens with zero attached hydrogens (tertiary/aromatic N) is 1. The quantitative estimate of drug-likeness (QED) is 0.511. The van der Waals surface area contributed by atoms with E-state index in [1.165, 1.54) is 7.11 Å². The molecule has 1 aromatic rings. The number of hydrogen-bond donors (Lipinski definition) is 2. The third kappa shape index (κ3) is 4.89. The minimum Gasteiger partial charge on any atom is -0.495 e. The maximum atomic E-state index is 12.3. The number of nitro benzene ring substituents is 1. The molecule has 0 amide bonds. The first-order valence-electron chi connectivity index (χ1n) is 6.80. The van der Waals surface area contributed by atoms with Crippen LogP contribution in [0.5, 0.6) is 5.75 Å². The highest BCUT2D eigenvalue weighted by atomic mass is 32.2. The number of carbonyl (C=O) groups is 1. The zero-order valence-corrected chi connectivity index (χ0v) is 13.5. The monoisotopic (exact) mass is 346 g/mol. The molecule has 0 heterocycles. The van der Waals surface area contributed by atoms with Crippen molar-refractivity contribution in [3.05, 3.63) is 28.3 Å². The molecule has 0 bridgehead atoms. The molecule has 10 heteroatoms. The topological polar surface area (TPSA) is 136 Å². The summed E-state index contributed by atoms with van der Waals surface area (Å²) in [6, 6.07) is 1.72. The van der Waals surface area contributed by atoms with Crippen LogP contribution in [0.4, 0.5) is 5.69 Å². The van der Waals surface area contributed by atoms with E-state index in [2.05, 4.69) is 4.72 Å². The molecule has 1 aromatic carbocycles. The summed E-state index contributed by atoms with van der Waals surface area (Å²) >= 11 is 0. The highest BCUT2D eigenvalue weighted by molar-refractivity contribution is 7.89. The van der Waals surface area contributed by atoms with Gasteiger partial charge in [0.15, 0.2) is 0 Å². The molecule has 2 N–H and O–H groups in total. The Balaban J connectivity index is 3.16. The number of benzene rings is 1. The second-order valence-corrected chi connectivity index (χ2v) is 6.43. The van der Waals surface area contributed by atoms with Crippen molar-refractivity contribution in [3.8, 4) is 5.75 Å². The van der Waals surface area contributed by atoms with E-state index in [-0.39, 0.29) is 22.8 Å². The number of nitrogens with one attached hydrogen (secondary N) is 1. The molecule has 0 aliphatic heterocycles. The molecule has 0 saturated heterocycles. The summed E-state index contributed by atoms with van der Waals surface area (Å²) in [4.78, 5) is 20.8. The molecular formula is C13H18N2O7S. The first kappa shape index (κ1) is 18.8. The second-order valence-electron chi connectivity index (χ2n) is 4.75. The summed E-state index contributed by atoms with van der Waals surface area (Å²) in [5.74, 6) is -1.52. The lowest BCUT2D eigenvalue weighted by Gasteiger charge is -2.16. The number of sulfonamides is 1. The van der Waals surface area contributed by atoms with Crippen molar-refractivity contribution < 1.29 is 28.0 Å². The van der Waals surface area contributed by atoms with Crippen LogP contribution in [0.1, 0.15) is 26.2 Å². The van der Waals surface area contributed by atoms with Crippen molar-refractivity contribution in [2.45, 2.75) is 37.1 Å². The number of unbranched alkanes of at least 4 members (excludes halogenated alkanes) is 1. The average Bonchev–Trinajstić information content (AvgIpc) is 2.50. The lowest BCUT2D eigenvalue weighted by atomic mass is 10.1. The van der Waals surface area contributed by atoms with E-state index in [4.69, 9.17) is 9.84 Å². The van der Waals surface area contributed by atoms with Gasteiger partial charge in [-0.15, -0.1) is 0 Å². The van der Waals surface area contributed by atoms with Crippen LogP contribution in [-0.4, -0.2) is 37.6 Å². The first-order valence-corrected chi connectivity index (χ1v) is 8.28. The van der Waals surface area contributed by atoms with Crippen molar-refractivity contribution >= 4 is 21.7 Å². The molecule has 9 nitrogen and oxygen atoms in total. The predicted octanol–water partition coefficient (Wildman–Crippen LogP) is 1.53. The number of non-ortho nitro benzene ring substituents is 1. The van der Waals surface area contributed by atoms with E-state index in [1.54, 1.807) is 0 Å². The fourth-order valence-corrected chi connectivity index (χ4v) is 3.26. The number of methoxy groups -OCH3 is 1. The van der Waals surface area contributed by atoms with Gasteiger partial charge in [-0.2, -0.15) is 4.72 Å². The van der Waals surface area contributed by atoms with Gasteiger partial charge in [-0.25, -0.2) is 8.42 Å². The van der Waals surface area contributed by atoms with E-state index >= 15 is 0 Å². The van der Waals surface area contributed by atoms with Gasteiger partial charge in [0, 0.05) is 6.07 Å². The standard InChI is InChI=1S/C13H18N2O7S/c1-3-4-5-10(13(16)17)14-23(20,21)12-7-6-9(15(18)19)8-11(12)22-2/h6-8,10,14H,3-5H2,1-2H3,(H,16,17)/t10-/m0/s1. The zero-order valence-electron chi connectivity index (χ0n) is 12.7. The normalized spacial score (nSPS) is 12.6. The van der Waals surface area contributed by atoms with E-state index < -0.39 is 27.0 Å². The highest BCUT2D eigenvalue weighted by Gasteiger charge is 2.28. The SMILES string of the molecule is CCCC[C@H](NS(=O)(=O)c1ccc([N+](=O)[O-])cc1OC)C(=O)O. The molecule has 0 fully saturated rings. The number of rotatable bonds is 9. The molecule has 0 radical (unpaired) electrons. The van der Waals surface area contributed by atoms with Gasteiger partial charge >= 0.3 is 5.97 Å². The molecule has 0 unspecified atom stereocenters. The Morgan fingerprint density at radius 3 is 2.61 bits per heavy atom. The zero-order chi connectivity index (χ0) is 17.6. The molecule has 128 valence electrons. The van der Waals surface area contributed by atoms with Crippen LogP contribution >= 0.6 is 0 Å². The Kier molecular flexibility index (Phi) is 6.46. The molecule has 23 heavy (non-hydrogen) atoms. The largest absolute Gasteiger partial charge is 0.495 e. The van der Waals surface area contributed by atoms with Crippen molar-refractivity contribution in [2.24, 2.45) is 0 Å². The molecule has 1 rings (SSSR count). The van der Waals surface area contributed by atoms with Crippen molar-refractivity contribution in [1.29, 1.82) is 0 Å². The minimum absolute atomic E-state index is 0.139. The number of carboxylic acids is 1. The van der Waals surface area contributed by atoms with Gasteiger partial charge in [-0.1, -0.05) is 19.8 Å². The lowest BCUT2D eigenvalue weighted by Crippen LogP contribution is -2.40. The second kappa shape index (κ2) is 7.88. The van der Waals surface area contributed by atoms with Crippen LogP contribution in [0.2, 0.25) is 0 Å². The Hall–Kier alpha value is -2.20. The number of hydrogen-bond acceptors (Lipinski definition) is 6. The molecule has 1 atom stereocenters. The van der Waals surface area contributed by atoms with Crippen molar-refractivity contribution in [1.82, 2.24) is 4.72 Å². The van der Waals surface area contributed by atoms with E-state index in [1.807, 2.05) is 6.92 Å². The number of nitro groups is 1. The summed E-state index contributed by atoms with van der Waals surface area (Å²) in [7, 11) is -3.03. The summed E-state index contributed by atoms with van der Waals surface area (Å²) in [6.07, 6.45) is 1.39. The number of carboxylic acid groups (broad SMARTS) is 1. The Bertz CT molecular complexity index is 688. The summed E-state index contributed by atoms with van der Waals surface area (Å²) in [5.41, 5.74) is -0.332. The third-order valence-corrected chi connectivity index (χ3v) is 4.60. The van der Waals surface area contributed by atoms with Crippen LogP contribution in [0.3, 0.4) is 0 Å². The van der Waals surface area contributed by atoms with Gasteiger partial charge < -0.3 is 9.84 Å². The summed E-state index contributed by atoms with van der Waals surface area (Å²) < 4.78 is 31.7. The Morgan fingerprint density at radius 1 is 1.48 bits per heavy atom. The van der Waals surface area contributed by atoms with E-state index in [0.717, 1.165) is 18.2 Å². The number of ether oxygens (including phenoxy) is 1. The van der Waals surface area contributed by atoms with Crippen LogP contribution < -0.4 is 9.46 Å². The smallest absolute Gasteiger partial charge is 0.321 e.